The van der Waals surface area contributed by atoms with Gasteiger partial charge in [-0.05, 0) is 35.9 Å². The number of nitrogens with zero attached hydrogens (tertiary/aromatic N) is 4. The molecule has 0 saturated heterocycles. The van der Waals surface area contributed by atoms with E-state index in [0.29, 0.717) is 34.2 Å². The zero-order chi connectivity index (χ0) is 18.8. The lowest BCUT2D eigenvalue weighted by Gasteiger charge is -2.11. The minimum atomic E-state index is -0.959. The third-order valence-corrected chi connectivity index (χ3v) is 4.42. The topological polar surface area (TPSA) is 78.8 Å². The molecule has 0 amide bonds. The smallest absolute Gasteiger partial charge is 0.230 e. The second kappa shape index (κ2) is 7.20. The Bertz CT molecular complexity index is 1100. The molecule has 3 heterocycles. The fourth-order valence-electron chi connectivity index (χ4n) is 2.84. The maximum Gasteiger partial charge on any atom is 0.230 e. The standard InChI is InChI=1S/C19H15ClFN5O/c20-10-12-3-5-13(6-4-12)26-18(14-2-1-9-23-17(14)22)24-15-7-8-16(27-11-21)25-19(15)26/h1-9H,10-11H2,(H2,22,23). The number of halogens is 2. The Labute approximate surface area is 159 Å². The van der Waals surface area contributed by atoms with Crippen LogP contribution in [-0.2, 0) is 5.88 Å². The Morgan fingerprint density at radius 1 is 1.07 bits per heavy atom. The van der Waals surface area contributed by atoms with Crippen LogP contribution in [0.5, 0.6) is 5.88 Å². The molecule has 1 aromatic carbocycles. The van der Waals surface area contributed by atoms with Crippen molar-refractivity contribution in [3.8, 4) is 23.0 Å². The van der Waals surface area contributed by atoms with Crippen LogP contribution < -0.4 is 10.5 Å². The lowest BCUT2D eigenvalue weighted by molar-refractivity contribution is 0.185. The molecule has 6 nitrogen and oxygen atoms in total. The van der Waals surface area contributed by atoms with Crippen molar-refractivity contribution < 1.29 is 9.13 Å². The first-order chi connectivity index (χ1) is 13.2. The van der Waals surface area contributed by atoms with Gasteiger partial charge in [0.1, 0.15) is 11.3 Å². The lowest BCUT2D eigenvalue weighted by Crippen LogP contribution is -2.02. The fourth-order valence-corrected chi connectivity index (χ4v) is 3.02. The maximum absolute atomic E-state index is 12.6. The van der Waals surface area contributed by atoms with E-state index in [1.54, 1.807) is 24.4 Å². The predicted molar refractivity (Wildman–Crippen MR) is 103 cm³/mol. The average molecular weight is 384 g/mol. The van der Waals surface area contributed by atoms with E-state index < -0.39 is 6.86 Å². The summed E-state index contributed by atoms with van der Waals surface area (Å²) in [6, 6.07) is 14.6. The molecule has 4 rings (SSSR count). The van der Waals surface area contributed by atoms with E-state index in [4.69, 9.17) is 22.1 Å². The Morgan fingerprint density at radius 3 is 2.59 bits per heavy atom. The molecule has 0 unspecified atom stereocenters. The first kappa shape index (κ1) is 17.2. The minimum absolute atomic E-state index is 0.175. The number of anilines is 1. The van der Waals surface area contributed by atoms with Gasteiger partial charge in [-0.1, -0.05) is 12.1 Å². The molecule has 0 radical (unpaired) electrons. The SMILES string of the molecule is Nc1ncccc1-c1nc2ccc(OCF)nc2n1-c1ccc(CCl)cc1. The molecule has 0 spiro atoms. The first-order valence-corrected chi connectivity index (χ1v) is 8.69. The number of alkyl halides is 2. The van der Waals surface area contributed by atoms with Crippen molar-refractivity contribution in [3.05, 3.63) is 60.3 Å². The van der Waals surface area contributed by atoms with E-state index in [1.165, 1.54) is 0 Å². The molecule has 0 saturated carbocycles. The minimum Gasteiger partial charge on any atom is -0.446 e. The van der Waals surface area contributed by atoms with E-state index in [1.807, 2.05) is 34.9 Å². The summed E-state index contributed by atoms with van der Waals surface area (Å²) in [6.45, 7) is -0.959. The van der Waals surface area contributed by atoms with E-state index >= 15 is 0 Å². The summed E-state index contributed by atoms with van der Waals surface area (Å²) in [6.07, 6.45) is 1.62. The quantitative estimate of drug-likeness (QED) is 0.525. The second-order valence-corrected chi connectivity index (χ2v) is 6.02. The number of ether oxygens (including phenoxy) is 1. The van der Waals surface area contributed by atoms with Gasteiger partial charge < -0.3 is 10.5 Å². The predicted octanol–water partition coefficient (Wildman–Crippen LogP) is 4.11. The molecule has 136 valence electrons. The van der Waals surface area contributed by atoms with Crippen LogP contribution in [0.2, 0.25) is 0 Å². The summed E-state index contributed by atoms with van der Waals surface area (Å²) in [5.74, 6) is 1.53. The normalized spacial score (nSPS) is 11.0. The Balaban J connectivity index is 2.00. The number of benzene rings is 1. The van der Waals surface area contributed by atoms with Crippen molar-refractivity contribution in [2.75, 3.05) is 12.6 Å². The Morgan fingerprint density at radius 2 is 1.89 bits per heavy atom. The van der Waals surface area contributed by atoms with Gasteiger partial charge in [0.2, 0.25) is 12.7 Å². The van der Waals surface area contributed by atoms with Crippen molar-refractivity contribution in [2.24, 2.45) is 0 Å². The van der Waals surface area contributed by atoms with E-state index in [0.717, 1.165) is 11.3 Å². The first-order valence-electron chi connectivity index (χ1n) is 8.15. The molecule has 2 N–H and O–H groups in total. The van der Waals surface area contributed by atoms with Crippen molar-refractivity contribution in [1.29, 1.82) is 0 Å². The van der Waals surface area contributed by atoms with Gasteiger partial charge >= 0.3 is 0 Å². The van der Waals surface area contributed by atoms with E-state index in [9.17, 15) is 4.39 Å². The van der Waals surface area contributed by atoms with Crippen LogP contribution in [0.15, 0.2) is 54.7 Å². The van der Waals surface area contributed by atoms with Crippen molar-refractivity contribution in [2.45, 2.75) is 5.88 Å². The fraction of sp³-hybridized carbons (Fsp3) is 0.105. The number of nitrogen functional groups attached to an aromatic ring is 1. The number of fused-ring (bicyclic) bond motifs is 1. The van der Waals surface area contributed by atoms with Gasteiger partial charge in [-0.15, -0.1) is 11.6 Å². The molecule has 0 aliphatic carbocycles. The summed E-state index contributed by atoms with van der Waals surface area (Å²) in [7, 11) is 0. The number of imidazole rings is 1. The zero-order valence-electron chi connectivity index (χ0n) is 14.1. The summed E-state index contributed by atoms with van der Waals surface area (Å²) < 4.78 is 19.3. The van der Waals surface area contributed by atoms with Gasteiger partial charge in [-0.3, -0.25) is 4.57 Å². The monoisotopic (exact) mass is 383 g/mol. The molecule has 0 aliphatic rings. The number of hydrogen-bond acceptors (Lipinski definition) is 5. The summed E-state index contributed by atoms with van der Waals surface area (Å²) in [5, 5.41) is 0. The van der Waals surface area contributed by atoms with Crippen LogP contribution in [0.4, 0.5) is 10.2 Å². The van der Waals surface area contributed by atoms with Crippen LogP contribution in [0.1, 0.15) is 5.56 Å². The van der Waals surface area contributed by atoms with Gasteiger partial charge in [0.15, 0.2) is 11.5 Å². The van der Waals surface area contributed by atoms with Crippen molar-refractivity contribution in [1.82, 2.24) is 19.5 Å². The molecule has 0 atom stereocenters. The molecule has 27 heavy (non-hydrogen) atoms. The molecular formula is C19H15ClFN5O. The second-order valence-electron chi connectivity index (χ2n) is 5.75. The molecule has 0 aliphatic heterocycles. The molecule has 0 bridgehead atoms. The van der Waals surface area contributed by atoms with Crippen molar-refractivity contribution >= 4 is 28.6 Å². The lowest BCUT2D eigenvalue weighted by atomic mass is 10.2. The number of nitrogens with two attached hydrogens (primary N) is 1. The van der Waals surface area contributed by atoms with Gasteiger partial charge in [-0.25, -0.2) is 14.4 Å². The van der Waals surface area contributed by atoms with Gasteiger partial charge in [0.05, 0.1) is 5.56 Å². The average Bonchev–Trinajstić information content (AvgIpc) is 3.07. The molecule has 0 fully saturated rings. The summed E-state index contributed by atoms with van der Waals surface area (Å²) in [5.41, 5.74) is 9.69. The number of hydrogen-bond donors (Lipinski definition) is 1. The van der Waals surface area contributed by atoms with Crippen LogP contribution in [0.25, 0.3) is 28.2 Å². The third kappa shape index (κ3) is 3.17. The Kier molecular flexibility index (Phi) is 4.60. The van der Waals surface area contributed by atoms with Crippen LogP contribution >= 0.6 is 11.6 Å². The zero-order valence-corrected chi connectivity index (χ0v) is 14.9. The largest absolute Gasteiger partial charge is 0.446 e. The number of aromatic nitrogens is 4. The third-order valence-electron chi connectivity index (χ3n) is 4.11. The highest BCUT2D eigenvalue weighted by Gasteiger charge is 2.18. The number of rotatable bonds is 5. The molecule has 3 aromatic heterocycles. The van der Waals surface area contributed by atoms with Crippen LogP contribution in [-0.4, -0.2) is 26.4 Å². The Hall–Kier alpha value is -3.19. The summed E-state index contributed by atoms with van der Waals surface area (Å²) >= 11 is 5.89. The summed E-state index contributed by atoms with van der Waals surface area (Å²) in [4.78, 5) is 13.2. The highest BCUT2D eigenvalue weighted by atomic mass is 35.5. The molecule has 4 aromatic rings. The number of pyridine rings is 2. The van der Waals surface area contributed by atoms with Gasteiger partial charge in [0.25, 0.3) is 0 Å². The van der Waals surface area contributed by atoms with Crippen LogP contribution in [0, 0.1) is 0 Å². The van der Waals surface area contributed by atoms with E-state index in [-0.39, 0.29) is 5.88 Å². The maximum atomic E-state index is 12.6. The van der Waals surface area contributed by atoms with Gasteiger partial charge in [0, 0.05) is 23.8 Å². The highest BCUT2D eigenvalue weighted by molar-refractivity contribution is 6.17. The van der Waals surface area contributed by atoms with E-state index in [2.05, 4.69) is 15.0 Å². The van der Waals surface area contributed by atoms with Gasteiger partial charge in [-0.2, -0.15) is 4.98 Å². The molecular weight excluding hydrogens is 369 g/mol. The van der Waals surface area contributed by atoms with Crippen LogP contribution in [0.3, 0.4) is 0 Å². The molecule has 8 heteroatoms. The van der Waals surface area contributed by atoms with Crippen molar-refractivity contribution in [3.63, 3.8) is 0 Å². The highest BCUT2D eigenvalue weighted by Crippen LogP contribution is 2.31.